The summed E-state index contributed by atoms with van der Waals surface area (Å²) in [6.07, 6.45) is 0. The van der Waals surface area contributed by atoms with E-state index < -0.39 is 27.2 Å². The molecule has 0 saturated heterocycles. The van der Waals surface area contributed by atoms with Gasteiger partial charge in [0.25, 0.3) is 11.4 Å². The van der Waals surface area contributed by atoms with E-state index in [4.69, 9.17) is 14.2 Å². The molecule has 10 nitrogen and oxygen atoms in total. The summed E-state index contributed by atoms with van der Waals surface area (Å²) in [5, 5.41) is 21.8. The maximum absolute atomic E-state index is 12.2. The molecular weight excluding hydrogens is 348 g/mol. The summed E-state index contributed by atoms with van der Waals surface area (Å²) in [5.41, 5.74) is -0.955. The number of nitro benzene ring substituents is 2. The van der Waals surface area contributed by atoms with E-state index in [1.807, 2.05) is 0 Å². The summed E-state index contributed by atoms with van der Waals surface area (Å²) < 4.78 is 15.3. The second-order valence-corrected chi connectivity index (χ2v) is 5.01. The van der Waals surface area contributed by atoms with Gasteiger partial charge in [-0.3, -0.25) is 20.2 Å². The number of carbonyl (C=O) groups is 1. The van der Waals surface area contributed by atoms with Crippen LogP contribution in [-0.4, -0.2) is 30.0 Å². The largest absolute Gasteiger partial charge is 0.497 e. The van der Waals surface area contributed by atoms with E-state index in [-0.39, 0.29) is 12.2 Å². The molecule has 26 heavy (non-hydrogen) atoms. The Morgan fingerprint density at radius 1 is 0.962 bits per heavy atom. The highest BCUT2D eigenvalue weighted by Gasteiger charge is 2.21. The molecule has 0 unspecified atom stereocenters. The molecular formula is C16H14N2O8. The van der Waals surface area contributed by atoms with Gasteiger partial charge in [0.1, 0.15) is 18.1 Å². The fourth-order valence-electron chi connectivity index (χ4n) is 2.15. The Labute approximate surface area is 147 Å². The molecule has 0 aliphatic heterocycles. The molecule has 10 heteroatoms. The maximum atomic E-state index is 12.2. The molecule has 0 bridgehead atoms. The standard InChI is InChI=1S/C16H14N2O8/c1-24-14-3-4-15(25-2)11(7-14)9-26-16(19)10-5-12(17(20)21)8-13(6-10)18(22)23/h3-8H,9H2,1-2H3. The molecule has 0 heterocycles. The van der Waals surface area contributed by atoms with Crippen molar-refractivity contribution in [2.24, 2.45) is 0 Å². The number of benzene rings is 2. The van der Waals surface area contributed by atoms with Crippen molar-refractivity contribution in [1.29, 1.82) is 0 Å². The quantitative estimate of drug-likeness (QED) is 0.417. The highest BCUT2D eigenvalue weighted by molar-refractivity contribution is 5.91. The van der Waals surface area contributed by atoms with E-state index >= 15 is 0 Å². The van der Waals surface area contributed by atoms with E-state index in [0.717, 1.165) is 18.2 Å². The number of esters is 1. The van der Waals surface area contributed by atoms with E-state index in [9.17, 15) is 25.0 Å². The van der Waals surface area contributed by atoms with Gasteiger partial charge < -0.3 is 14.2 Å². The average molecular weight is 362 g/mol. The van der Waals surface area contributed by atoms with Crippen LogP contribution >= 0.6 is 0 Å². The molecule has 2 rings (SSSR count). The molecule has 0 radical (unpaired) electrons. The first-order valence-electron chi connectivity index (χ1n) is 7.17. The minimum atomic E-state index is -0.943. The van der Waals surface area contributed by atoms with Gasteiger partial charge in [-0.15, -0.1) is 0 Å². The molecule has 2 aromatic rings. The molecule has 2 aromatic carbocycles. The molecule has 0 N–H and O–H groups in total. The Morgan fingerprint density at radius 2 is 1.58 bits per heavy atom. The molecule has 0 aliphatic rings. The summed E-state index contributed by atoms with van der Waals surface area (Å²) in [7, 11) is 2.91. The normalized spacial score (nSPS) is 10.1. The van der Waals surface area contributed by atoms with Gasteiger partial charge in [-0.05, 0) is 18.2 Å². The third-order valence-electron chi connectivity index (χ3n) is 3.41. The van der Waals surface area contributed by atoms with E-state index in [0.29, 0.717) is 17.1 Å². The number of hydrogen-bond acceptors (Lipinski definition) is 8. The lowest BCUT2D eigenvalue weighted by Crippen LogP contribution is -2.07. The predicted molar refractivity (Wildman–Crippen MR) is 88.4 cm³/mol. The van der Waals surface area contributed by atoms with Crippen LogP contribution in [0.15, 0.2) is 36.4 Å². The van der Waals surface area contributed by atoms with Crippen molar-refractivity contribution in [3.05, 3.63) is 67.8 Å². The number of nitro groups is 2. The number of rotatable bonds is 7. The lowest BCUT2D eigenvalue weighted by Gasteiger charge is -2.11. The van der Waals surface area contributed by atoms with Crippen molar-refractivity contribution in [1.82, 2.24) is 0 Å². The number of nitrogens with zero attached hydrogens (tertiary/aromatic N) is 2. The Hall–Kier alpha value is -3.69. The Balaban J connectivity index is 2.25. The molecule has 0 aromatic heterocycles. The molecule has 0 atom stereocenters. The van der Waals surface area contributed by atoms with Crippen LogP contribution in [0.3, 0.4) is 0 Å². The highest BCUT2D eigenvalue weighted by Crippen LogP contribution is 2.26. The molecule has 0 amide bonds. The maximum Gasteiger partial charge on any atom is 0.338 e. The molecule has 0 spiro atoms. The van der Waals surface area contributed by atoms with Crippen LogP contribution in [0.2, 0.25) is 0 Å². The third kappa shape index (κ3) is 4.23. The summed E-state index contributed by atoms with van der Waals surface area (Å²) in [5.74, 6) is 0.0214. The first-order chi connectivity index (χ1) is 12.3. The second kappa shape index (κ2) is 7.92. The van der Waals surface area contributed by atoms with Gasteiger partial charge in [-0.1, -0.05) is 0 Å². The van der Waals surface area contributed by atoms with E-state index in [2.05, 4.69) is 0 Å². The van der Waals surface area contributed by atoms with Crippen LogP contribution in [0.1, 0.15) is 15.9 Å². The highest BCUT2D eigenvalue weighted by atomic mass is 16.6. The summed E-state index contributed by atoms with van der Waals surface area (Å²) in [6, 6.07) is 7.48. The first-order valence-corrected chi connectivity index (χ1v) is 7.17. The Kier molecular flexibility index (Phi) is 5.68. The number of methoxy groups -OCH3 is 2. The van der Waals surface area contributed by atoms with Crippen LogP contribution in [0.5, 0.6) is 11.5 Å². The molecule has 0 aliphatic carbocycles. The van der Waals surface area contributed by atoms with Crippen LogP contribution in [0, 0.1) is 20.2 Å². The fourth-order valence-corrected chi connectivity index (χ4v) is 2.15. The minimum Gasteiger partial charge on any atom is -0.497 e. The number of non-ortho nitro benzene ring substituents is 2. The summed E-state index contributed by atoms with van der Waals surface area (Å²) in [6.45, 7) is -0.213. The zero-order valence-electron chi connectivity index (χ0n) is 13.8. The van der Waals surface area contributed by atoms with Crippen molar-refractivity contribution in [3.8, 4) is 11.5 Å². The van der Waals surface area contributed by atoms with Gasteiger partial charge in [0.05, 0.1) is 35.7 Å². The van der Waals surface area contributed by atoms with Gasteiger partial charge >= 0.3 is 5.97 Å². The van der Waals surface area contributed by atoms with Crippen molar-refractivity contribution >= 4 is 17.3 Å². The van der Waals surface area contributed by atoms with Crippen LogP contribution in [0.25, 0.3) is 0 Å². The van der Waals surface area contributed by atoms with Crippen LogP contribution in [0.4, 0.5) is 11.4 Å². The Bertz CT molecular complexity index is 833. The zero-order chi connectivity index (χ0) is 19.3. The Morgan fingerprint density at radius 3 is 2.08 bits per heavy atom. The second-order valence-electron chi connectivity index (χ2n) is 5.01. The number of ether oxygens (including phenoxy) is 3. The lowest BCUT2D eigenvalue weighted by atomic mass is 10.1. The predicted octanol–water partition coefficient (Wildman–Crippen LogP) is 2.88. The smallest absolute Gasteiger partial charge is 0.338 e. The monoisotopic (exact) mass is 362 g/mol. The summed E-state index contributed by atoms with van der Waals surface area (Å²) in [4.78, 5) is 32.3. The number of carbonyl (C=O) groups excluding carboxylic acids is 1. The van der Waals surface area contributed by atoms with Gasteiger partial charge in [0.15, 0.2) is 0 Å². The van der Waals surface area contributed by atoms with Crippen molar-refractivity contribution in [2.45, 2.75) is 6.61 Å². The van der Waals surface area contributed by atoms with E-state index in [1.165, 1.54) is 14.2 Å². The minimum absolute atomic E-state index is 0.213. The number of hydrogen-bond donors (Lipinski definition) is 0. The van der Waals surface area contributed by atoms with Gasteiger partial charge in [0.2, 0.25) is 0 Å². The van der Waals surface area contributed by atoms with Crippen molar-refractivity contribution in [3.63, 3.8) is 0 Å². The zero-order valence-corrected chi connectivity index (χ0v) is 13.8. The first kappa shape index (κ1) is 18.6. The third-order valence-corrected chi connectivity index (χ3v) is 3.41. The molecule has 0 fully saturated rings. The van der Waals surface area contributed by atoms with Crippen LogP contribution in [-0.2, 0) is 11.3 Å². The molecule has 0 saturated carbocycles. The van der Waals surface area contributed by atoms with Gasteiger partial charge in [-0.2, -0.15) is 0 Å². The summed E-state index contributed by atoms with van der Waals surface area (Å²) >= 11 is 0. The molecule has 136 valence electrons. The fraction of sp³-hybridized carbons (Fsp3) is 0.188. The van der Waals surface area contributed by atoms with Gasteiger partial charge in [0, 0.05) is 17.7 Å². The average Bonchev–Trinajstić information content (AvgIpc) is 2.65. The van der Waals surface area contributed by atoms with E-state index in [1.54, 1.807) is 18.2 Å². The van der Waals surface area contributed by atoms with Crippen LogP contribution < -0.4 is 9.47 Å². The van der Waals surface area contributed by atoms with Crippen molar-refractivity contribution in [2.75, 3.05) is 14.2 Å². The lowest BCUT2D eigenvalue weighted by molar-refractivity contribution is -0.394. The SMILES string of the molecule is COc1ccc(OC)c(COC(=O)c2cc([N+](=O)[O-])cc([N+](=O)[O-])c2)c1. The van der Waals surface area contributed by atoms with Gasteiger partial charge in [-0.25, -0.2) is 4.79 Å². The van der Waals surface area contributed by atoms with Crippen molar-refractivity contribution < 1.29 is 28.9 Å². The topological polar surface area (TPSA) is 131 Å².